The third-order valence-corrected chi connectivity index (χ3v) is 7.59. The summed E-state index contributed by atoms with van der Waals surface area (Å²) in [7, 11) is 0.885. The average Bonchev–Trinajstić information content (AvgIpc) is 2.91. The zero-order chi connectivity index (χ0) is 25.7. The van der Waals surface area contributed by atoms with Gasteiger partial charge in [0.2, 0.25) is 16.0 Å². The number of nitrogens with zero attached hydrogens (tertiary/aromatic N) is 3. The van der Waals surface area contributed by atoms with Gasteiger partial charge in [-0.1, -0.05) is 12.1 Å². The van der Waals surface area contributed by atoms with E-state index in [0.29, 0.717) is 46.4 Å². The fourth-order valence-corrected chi connectivity index (χ4v) is 4.88. The minimum atomic E-state index is -3.68. The summed E-state index contributed by atoms with van der Waals surface area (Å²) in [4.78, 5) is 11.2. The lowest BCUT2D eigenvalue weighted by Gasteiger charge is -2.30. The molecule has 0 aliphatic carbocycles. The smallest absolute Gasteiger partial charge is 0.242 e. The molecule has 192 valence electrons. The predicted molar refractivity (Wildman–Crippen MR) is 142 cm³/mol. The SMILES string of the molecule is CNS(=O)(=O)c1ccccc1Nc1nc(Nc2cc(OC)c(N3CCOCC3)cc2OC)ncc1Br. The summed E-state index contributed by atoms with van der Waals surface area (Å²) < 4.78 is 44.5. The van der Waals surface area contributed by atoms with Crippen molar-refractivity contribution in [3.8, 4) is 11.5 Å². The highest BCUT2D eigenvalue weighted by Crippen LogP contribution is 2.40. The zero-order valence-corrected chi connectivity index (χ0v) is 22.4. The van der Waals surface area contributed by atoms with E-state index in [9.17, 15) is 8.42 Å². The Bertz CT molecular complexity index is 1330. The molecule has 1 aliphatic heterocycles. The molecule has 1 aromatic heterocycles. The van der Waals surface area contributed by atoms with Gasteiger partial charge >= 0.3 is 0 Å². The maximum atomic E-state index is 12.4. The second kappa shape index (κ2) is 11.3. The van der Waals surface area contributed by atoms with Gasteiger partial charge in [0, 0.05) is 31.4 Å². The lowest BCUT2D eigenvalue weighted by Crippen LogP contribution is -2.36. The average molecular weight is 579 g/mol. The van der Waals surface area contributed by atoms with Gasteiger partial charge in [0.1, 0.15) is 22.2 Å². The second-order valence-electron chi connectivity index (χ2n) is 7.67. The molecule has 2 heterocycles. The van der Waals surface area contributed by atoms with Crippen LogP contribution in [0.3, 0.4) is 0 Å². The lowest BCUT2D eigenvalue weighted by atomic mass is 10.2. The molecule has 1 saturated heterocycles. The van der Waals surface area contributed by atoms with E-state index in [4.69, 9.17) is 14.2 Å². The van der Waals surface area contributed by atoms with Gasteiger partial charge in [-0.15, -0.1) is 0 Å². The number of methoxy groups -OCH3 is 2. The van der Waals surface area contributed by atoms with Gasteiger partial charge in [-0.25, -0.2) is 18.1 Å². The quantitative estimate of drug-likeness (QED) is 0.347. The molecular weight excluding hydrogens is 552 g/mol. The Balaban J connectivity index is 1.65. The van der Waals surface area contributed by atoms with Crippen LogP contribution in [0.1, 0.15) is 0 Å². The number of hydrogen-bond donors (Lipinski definition) is 3. The highest BCUT2D eigenvalue weighted by Gasteiger charge is 2.21. The van der Waals surface area contributed by atoms with Crippen LogP contribution in [0.5, 0.6) is 11.5 Å². The predicted octanol–water partition coefficient (Wildman–Crippen LogP) is 3.49. The van der Waals surface area contributed by atoms with E-state index in [0.717, 1.165) is 18.8 Å². The molecule has 0 radical (unpaired) electrons. The fraction of sp³-hybridized carbons (Fsp3) is 0.304. The van der Waals surface area contributed by atoms with Crippen LogP contribution in [0, 0.1) is 0 Å². The molecule has 4 rings (SSSR count). The number of nitrogens with one attached hydrogen (secondary N) is 3. The van der Waals surface area contributed by atoms with Crippen molar-refractivity contribution in [2.75, 3.05) is 63.1 Å². The lowest BCUT2D eigenvalue weighted by molar-refractivity contribution is 0.122. The third kappa shape index (κ3) is 5.64. The first-order chi connectivity index (χ1) is 17.4. The monoisotopic (exact) mass is 578 g/mol. The fourth-order valence-electron chi connectivity index (χ4n) is 3.71. The summed E-state index contributed by atoms with van der Waals surface area (Å²) in [6.07, 6.45) is 1.57. The summed E-state index contributed by atoms with van der Waals surface area (Å²) in [6.45, 7) is 2.79. The molecule has 3 aromatic rings. The van der Waals surface area contributed by atoms with Crippen molar-refractivity contribution in [1.82, 2.24) is 14.7 Å². The molecule has 13 heteroatoms. The van der Waals surface area contributed by atoms with E-state index in [1.807, 2.05) is 12.1 Å². The topological polar surface area (TPSA) is 127 Å². The van der Waals surface area contributed by atoms with E-state index in [1.165, 1.54) is 13.1 Å². The Labute approximate surface area is 218 Å². The summed E-state index contributed by atoms with van der Waals surface area (Å²) in [5.41, 5.74) is 1.88. The first kappa shape index (κ1) is 25.9. The van der Waals surface area contributed by atoms with Crippen LogP contribution in [0.15, 0.2) is 52.0 Å². The van der Waals surface area contributed by atoms with Gasteiger partial charge < -0.3 is 29.7 Å². The van der Waals surface area contributed by atoms with Gasteiger partial charge in [0.25, 0.3) is 0 Å². The Morgan fingerprint density at radius 1 is 1.03 bits per heavy atom. The molecule has 36 heavy (non-hydrogen) atoms. The zero-order valence-electron chi connectivity index (χ0n) is 20.0. The number of ether oxygens (including phenoxy) is 3. The van der Waals surface area contributed by atoms with Crippen molar-refractivity contribution in [2.45, 2.75) is 4.90 Å². The maximum Gasteiger partial charge on any atom is 0.242 e. The van der Waals surface area contributed by atoms with Crippen LogP contribution in [-0.4, -0.2) is 66.0 Å². The number of sulfonamides is 1. The Morgan fingerprint density at radius 2 is 1.75 bits per heavy atom. The number of anilines is 5. The number of rotatable bonds is 9. The molecule has 3 N–H and O–H groups in total. The first-order valence-electron chi connectivity index (χ1n) is 11.0. The minimum absolute atomic E-state index is 0.0950. The van der Waals surface area contributed by atoms with Crippen molar-refractivity contribution in [1.29, 1.82) is 0 Å². The summed E-state index contributed by atoms with van der Waals surface area (Å²) in [6, 6.07) is 10.3. The van der Waals surface area contributed by atoms with Crippen molar-refractivity contribution in [3.05, 3.63) is 47.1 Å². The minimum Gasteiger partial charge on any atom is -0.494 e. The van der Waals surface area contributed by atoms with Crippen LogP contribution in [0.25, 0.3) is 0 Å². The van der Waals surface area contributed by atoms with Crippen molar-refractivity contribution in [3.63, 3.8) is 0 Å². The van der Waals surface area contributed by atoms with Crippen LogP contribution in [0.2, 0.25) is 0 Å². The molecule has 0 saturated carbocycles. The largest absolute Gasteiger partial charge is 0.494 e. The molecular formula is C23H27BrN6O5S. The molecule has 2 aromatic carbocycles. The molecule has 0 bridgehead atoms. The number of para-hydroxylation sites is 1. The van der Waals surface area contributed by atoms with E-state index in [-0.39, 0.29) is 10.8 Å². The van der Waals surface area contributed by atoms with E-state index >= 15 is 0 Å². The normalized spacial score (nSPS) is 13.8. The molecule has 0 spiro atoms. The number of benzene rings is 2. The van der Waals surface area contributed by atoms with Crippen molar-refractivity contribution >= 4 is 54.8 Å². The van der Waals surface area contributed by atoms with Gasteiger partial charge in [0.15, 0.2) is 0 Å². The van der Waals surface area contributed by atoms with Gasteiger partial charge in [-0.2, -0.15) is 4.98 Å². The van der Waals surface area contributed by atoms with Crippen molar-refractivity contribution in [2.24, 2.45) is 0 Å². The van der Waals surface area contributed by atoms with Crippen LogP contribution < -0.4 is 29.7 Å². The first-order valence-corrected chi connectivity index (χ1v) is 13.3. The van der Waals surface area contributed by atoms with E-state index < -0.39 is 10.0 Å². The van der Waals surface area contributed by atoms with Crippen LogP contribution >= 0.6 is 15.9 Å². The van der Waals surface area contributed by atoms with Gasteiger partial charge in [-0.05, 0) is 35.1 Å². The Morgan fingerprint density at radius 3 is 2.44 bits per heavy atom. The molecule has 1 aliphatic rings. The third-order valence-electron chi connectivity index (χ3n) is 5.54. The van der Waals surface area contributed by atoms with E-state index in [1.54, 1.807) is 38.6 Å². The second-order valence-corrected chi connectivity index (χ2v) is 10.4. The summed E-state index contributed by atoms with van der Waals surface area (Å²) in [5, 5.41) is 6.25. The highest BCUT2D eigenvalue weighted by molar-refractivity contribution is 9.10. The molecule has 0 unspecified atom stereocenters. The Hall–Kier alpha value is -3.13. The summed E-state index contributed by atoms with van der Waals surface area (Å²) >= 11 is 3.43. The number of halogens is 1. The molecule has 1 fully saturated rings. The summed E-state index contributed by atoms with van der Waals surface area (Å²) in [5.74, 6) is 1.90. The molecule has 0 amide bonds. The molecule has 11 nitrogen and oxygen atoms in total. The highest BCUT2D eigenvalue weighted by atomic mass is 79.9. The number of morpholine rings is 1. The number of aromatic nitrogens is 2. The Kier molecular flexibility index (Phi) is 8.14. The van der Waals surface area contributed by atoms with Crippen molar-refractivity contribution < 1.29 is 22.6 Å². The van der Waals surface area contributed by atoms with Crippen LogP contribution in [0.4, 0.5) is 28.8 Å². The van der Waals surface area contributed by atoms with Gasteiger partial charge in [0.05, 0.1) is 49.0 Å². The number of hydrogen-bond acceptors (Lipinski definition) is 10. The maximum absolute atomic E-state index is 12.4. The molecule has 0 atom stereocenters. The van der Waals surface area contributed by atoms with E-state index in [2.05, 4.69) is 46.2 Å². The van der Waals surface area contributed by atoms with Crippen LogP contribution in [-0.2, 0) is 14.8 Å². The standard InChI is InChI=1S/C23H27BrN6O5S/c1-25-36(31,32)21-7-5-4-6-16(21)27-22-15(24)14-26-23(29-22)28-17-12-20(34-3)18(13-19(17)33-2)30-8-10-35-11-9-30/h4-7,12-14,25H,8-11H2,1-3H3,(H2,26,27,28,29). The van der Waals surface area contributed by atoms with Gasteiger partial charge in [-0.3, -0.25) is 0 Å².